The summed E-state index contributed by atoms with van der Waals surface area (Å²) in [6, 6.07) is 0. The number of rotatable bonds is 4. The van der Waals surface area contributed by atoms with Crippen LogP contribution in [0, 0.1) is 11.3 Å². The fourth-order valence-electron chi connectivity index (χ4n) is 3.01. The molecule has 2 aliphatic rings. The Balaban J connectivity index is 1.90. The number of aliphatic hydroxyl groups is 1. The number of hydrogen-bond acceptors (Lipinski definition) is 4. The standard InChI is InChI=1S/C14H26N2O3/c1-11-2-4-13(8-15,5-3-11)12(17)16-9-14(18)6-7-19-10-14/h11,18H,2-10,15H2,1H3,(H,16,17). The number of carbonyl (C=O) groups excluding carboxylic acids is 1. The molecular formula is C14H26N2O3. The number of hydrogen-bond donors (Lipinski definition) is 3. The predicted molar refractivity (Wildman–Crippen MR) is 72.5 cm³/mol. The highest BCUT2D eigenvalue weighted by molar-refractivity contribution is 5.83. The topological polar surface area (TPSA) is 84.6 Å². The van der Waals surface area contributed by atoms with Gasteiger partial charge in [-0.2, -0.15) is 0 Å². The number of carbonyl (C=O) groups is 1. The fourth-order valence-corrected chi connectivity index (χ4v) is 3.01. The summed E-state index contributed by atoms with van der Waals surface area (Å²) in [6.07, 6.45) is 4.40. The van der Waals surface area contributed by atoms with Crippen molar-refractivity contribution in [3.05, 3.63) is 0 Å². The predicted octanol–water partition coefficient (Wildman–Crippen LogP) is 0.409. The lowest BCUT2D eigenvalue weighted by Crippen LogP contribution is -2.52. The summed E-state index contributed by atoms with van der Waals surface area (Å²) in [4.78, 5) is 12.4. The molecule has 0 aromatic carbocycles. The van der Waals surface area contributed by atoms with Crippen molar-refractivity contribution < 1.29 is 14.6 Å². The highest BCUT2D eigenvalue weighted by Gasteiger charge is 2.41. The number of nitrogens with one attached hydrogen (secondary N) is 1. The Morgan fingerprint density at radius 3 is 2.63 bits per heavy atom. The maximum absolute atomic E-state index is 12.4. The smallest absolute Gasteiger partial charge is 0.227 e. The van der Waals surface area contributed by atoms with Gasteiger partial charge in [-0.05, 0) is 31.6 Å². The van der Waals surface area contributed by atoms with Crippen LogP contribution in [-0.2, 0) is 9.53 Å². The van der Waals surface area contributed by atoms with Gasteiger partial charge >= 0.3 is 0 Å². The van der Waals surface area contributed by atoms with Crippen LogP contribution in [0.2, 0.25) is 0 Å². The molecule has 1 amide bonds. The Labute approximate surface area is 114 Å². The van der Waals surface area contributed by atoms with Crippen molar-refractivity contribution in [2.75, 3.05) is 26.3 Å². The van der Waals surface area contributed by atoms with Crippen LogP contribution in [-0.4, -0.2) is 42.9 Å². The van der Waals surface area contributed by atoms with Gasteiger partial charge in [0.2, 0.25) is 5.91 Å². The van der Waals surface area contributed by atoms with Gasteiger partial charge in [-0.1, -0.05) is 6.92 Å². The summed E-state index contributed by atoms with van der Waals surface area (Å²) in [5.74, 6) is 0.683. The minimum absolute atomic E-state index is 0.00206. The molecule has 110 valence electrons. The van der Waals surface area contributed by atoms with Crippen LogP contribution in [0.3, 0.4) is 0 Å². The molecule has 1 aliphatic carbocycles. The maximum atomic E-state index is 12.4. The zero-order chi connectivity index (χ0) is 13.9. The van der Waals surface area contributed by atoms with Crippen LogP contribution in [0.5, 0.6) is 0 Å². The molecule has 0 bridgehead atoms. The van der Waals surface area contributed by atoms with Crippen LogP contribution in [0.1, 0.15) is 39.0 Å². The van der Waals surface area contributed by atoms with Gasteiger partial charge in [0, 0.05) is 26.1 Å². The van der Waals surface area contributed by atoms with Crippen molar-refractivity contribution >= 4 is 5.91 Å². The van der Waals surface area contributed by atoms with E-state index < -0.39 is 11.0 Å². The van der Waals surface area contributed by atoms with E-state index in [1.807, 2.05) is 0 Å². The van der Waals surface area contributed by atoms with Crippen molar-refractivity contribution in [1.29, 1.82) is 0 Å². The van der Waals surface area contributed by atoms with Gasteiger partial charge in [0.25, 0.3) is 0 Å². The molecule has 2 rings (SSSR count). The lowest BCUT2D eigenvalue weighted by Gasteiger charge is -2.37. The minimum atomic E-state index is -0.895. The third-order valence-electron chi connectivity index (χ3n) is 4.76. The van der Waals surface area contributed by atoms with Crippen LogP contribution >= 0.6 is 0 Å². The molecule has 1 atom stereocenters. The minimum Gasteiger partial charge on any atom is -0.386 e. The van der Waals surface area contributed by atoms with Gasteiger partial charge in [-0.15, -0.1) is 0 Å². The quantitative estimate of drug-likeness (QED) is 0.691. The summed E-state index contributed by atoms with van der Waals surface area (Å²) in [6.45, 7) is 3.74. The van der Waals surface area contributed by atoms with E-state index in [0.29, 0.717) is 32.1 Å². The van der Waals surface area contributed by atoms with E-state index in [9.17, 15) is 9.90 Å². The Hall–Kier alpha value is -0.650. The second-order valence-corrected chi connectivity index (χ2v) is 6.38. The molecule has 0 radical (unpaired) electrons. The Morgan fingerprint density at radius 2 is 2.11 bits per heavy atom. The van der Waals surface area contributed by atoms with E-state index in [2.05, 4.69) is 12.2 Å². The molecular weight excluding hydrogens is 244 g/mol. The zero-order valence-corrected chi connectivity index (χ0v) is 11.8. The van der Waals surface area contributed by atoms with Gasteiger partial charge < -0.3 is 20.9 Å². The molecule has 1 unspecified atom stereocenters. The van der Waals surface area contributed by atoms with E-state index in [0.717, 1.165) is 25.7 Å². The largest absolute Gasteiger partial charge is 0.386 e. The molecule has 2 fully saturated rings. The summed E-state index contributed by atoms with van der Waals surface area (Å²) in [5.41, 5.74) is 4.53. The molecule has 5 nitrogen and oxygen atoms in total. The van der Waals surface area contributed by atoms with E-state index in [1.54, 1.807) is 0 Å². The van der Waals surface area contributed by atoms with Crippen molar-refractivity contribution in [3.63, 3.8) is 0 Å². The second kappa shape index (κ2) is 5.77. The average Bonchev–Trinajstić information content (AvgIpc) is 2.85. The number of amides is 1. The Bertz CT molecular complexity index is 319. The zero-order valence-electron chi connectivity index (χ0n) is 11.8. The first-order chi connectivity index (χ1) is 9.00. The monoisotopic (exact) mass is 270 g/mol. The second-order valence-electron chi connectivity index (χ2n) is 6.38. The first kappa shape index (κ1) is 14.8. The van der Waals surface area contributed by atoms with E-state index in [-0.39, 0.29) is 12.5 Å². The first-order valence-corrected chi connectivity index (χ1v) is 7.28. The van der Waals surface area contributed by atoms with Crippen molar-refractivity contribution in [2.24, 2.45) is 17.1 Å². The van der Waals surface area contributed by atoms with Crippen LogP contribution in [0.15, 0.2) is 0 Å². The lowest BCUT2D eigenvalue weighted by molar-refractivity contribution is -0.134. The van der Waals surface area contributed by atoms with Crippen LogP contribution in [0.25, 0.3) is 0 Å². The molecule has 0 spiro atoms. The summed E-state index contributed by atoms with van der Waals surface area (Å²) >= 11 is 0. The van der Waals surface area contributed by atoms with Gasteiger partial charge in [-0.25, -0.2) is 0 Å². The lowest BCUT2D eigenvalue weighted by atomic mass is 9.70. The Kier molecular flexibility index (Phi) is 4.48. The van der Waals surface area contributed by atoms with Crippen LogP contribution < -0.4 is 11.1 Å². The molecule has 1 aliphatic heterocycles. The van der Waals surface area contributed by atoms with E-state index >= 15 is 0 Å². The molecule has 1 heterocycles. The number of ether oxygens (including phenoxy) is 1. The third-order valence-corrected chi connectivity index (χ3v) is 4.76. The highest BCUT2D eigenvalue weighted by atomic mass is 16.5. The maximum Gasteiger partial charge on any atom is 0.227 e. The molecule has 5 heteroatoms. The molecule has 19 heavy (non-hydrogen) atoms. The van der Waals surface area contributed by atoms with Gasteiger partial charge in [-0.3, -0.25) is 4.79 Å². The number of nitrogens with two attached hydrogens (primary N) is 1. The van der Waals surface area contributed by atoms with Crippen molar-refractivity contribution in [2.45, 2.75) is 44.6 Å². The highest BCUT2D eigenvalue weighted by Crippen LogP contribution is 2.38. The molecule has 0 aromatic heterocycles. The van der Waals surface area contributed by atoms with Crippen molar-refractivity contribution in [3.8, 4) is 0 Å². The van der Waals surface area contributed by atoms with Crippen molar-refractivity contribution in [1.82, 2.24) is 5.32 Å². The summed E-state index contributed by atoms with van der Waals surface area (Å²) in [5, 5.41) is 13.1. The first-order valence-electron chi connectivity index (χ1n) is 7.28. The van der Waals surface area contributed by atoms with Crippen LogP contribution in [0.4, 0.5) is 0 Å². The Morgan fingerprint density at radius 1 is 1.42 bits per heavy atom. The summed E-state index contributed by atoms with van der Waals surface area (Å²) < 4.78 is 5.18. The van der Waals surface area contributed by atoms with Gasteiger partial charge in [0.1, 0.15) is 5.60 Å². The van der Waals surface area contributed by atoms with E-state index in [4.69, 9.17) is 10.5 Å². The fraction of sp³-hybridized carbons (Fsp3) is 0.929. The van der Waals surface area contributed by atoms with Gasteiger partial charge in [0.05, 0.1) is 12.0 Å². The molecule has 1 saturated carbocycles. The summed E-state index contributed by atoms with van der Waals surface area (Å²) in [7, 11) is 0. The van der Waals surface area contributed by atoms with E-state index in [1.165, 1.54) is 0 Å². The normalized spacial score (nSPS) is 39.2. The molecule has 1 saturated heterocycles. The third kappa shape index (κ3) is 3.27. The average molecular weight is 270 g/mol. The molecule has 0 aromatic rings. The molecule has 4 N–H and O–H groups in total. The SMILES string of the molecule is CC1CCC(CN)(C(=O)NCC2(O)CCOC2)CC1. The van der Waals surface area contributed by atoms with Gasteiger partial charge in [0.15, 0.2) is 0 Å².